The minimum Gasteiger partial charge on any atom is -0.493 e. The van der Waals surface area contributed by atoms with Crippen molar-refractivity contribution < 1.29 is 23.8 Å². The predicted molar refractivity (Wildman–Crippen MR) is 128 cm³/mol. The van der Waals surface area contributed by atoms with E-state index in [0.717, 1.165) is 0 Å². The molecule has 34 heavy (non-hydrogen) atoms. The van der Waals surface area contributed by atoms with E-state index >= 15 is 0 Å². The monoisotopic (exact) mass is 459 g/mol. The number of rotatable bonds is 11. The zero-order valence-electron chi connectivity index (χ0n) is 18.7. The summed E-state index contributed by atoms with van der Waals surface area (Å²) in [7, 11) is 1.50. The smallest absolute Gasteiger partial charge is 0.262 e. The second-order valence-corrected chi connectivity index (χ2v) is 7.21. The van der Waals surface area contributed by atoms with E-state index in [9.17, 15) is 9.59 Å². The van der Waals surface area contributed by atoms with E-state index < -0.39 is 0 Å². The lowest BCUT2D eigenvalue weighted by Crippen LogP contribution is -2.20. The van der Waals surface area contributed by atoms with Crippen LogP contribution in [0.5, 0.6) is 17.2 Å². The number of carbonyl (C=O) groups excluding carboxylic acids is 2. The highest BCUT2D eigenvalue weighted by molar-refractivity contribution is 5.92. The molecule has 3 aromatic rings. The minimum atomic E-state index is -0.278. The predicted octanol–water partition coefficient (Wildman–Crippen LogP) is 4.38. The van der Waals surface area contributed by atoms with Gasteiger partial charge in [-0.15, -0.1) is 0 Å². The maximum atomic E-state index is 12.3. The highest BCUT2D eigenvalue weighted by Gasteiger charge is 2.08. The van der Waals surface area contributed by atoms with Crippen molar-refractivity contribution >= 4 is 23.2 Å². The summed E-state index contributed by atoms with van der Waals surface area (Å²) >= 11 is 0. The number of amides is 2. The zero-order chi connectivity index (χ0) is 24.2. The number of carbonyl (C=O) groups is 2. The van der Waals surface area contributed by atoms with Crippen LogP contribution in [0.3, 0.4) is 0 Å². The lowest BCUT2D eigenvalue weighted by Gasteiger charge is -2.11. The van der Waals surface area contributed by atoms with E-state index in [4.69, 9.17) is 19.5 Å². The Bertz CT molecular complexity index is 1160. The third-order valence-electron chi connectivity index (χ3n) is 4.64. The van der Waals surface area contributed by atoms with Gasteiger partial charge in [-0.2, -0.15) is 5.26 Å². The first-order chi connectivity index (χ1) is 16.6. The third-order valence-corrected chi connectivity index (χ3v) is 4.64. The molecule has 2 N–H and O–H groups in total. The average molecular weight is 460 g/mol. The molecule has 0 bridgehead atoms. The van der Waals surface area contributed by atoms with Gasteiger partial charge in [0.05, 0.1) is 25.3 Å². The van der Waals surface area contributed by atoms with Gasteiger partial charge >= 0.3 is 0 Å². The topological polar surface area (TPSA) is 110 Å². The highest BCUT2D eigenvalue weighted by Crippen LogP contribution is 2.28. The molecule has 0 heterocycles. The first-order valence-corrected chi connectivity index (χ1v) is 10.7. The Labute approximate surface area is 198 Å². The van der Waals surface area contributed by atoms with E-state index in [1.54, 1.807) is 54.6 Å². The SMILES string of the molecule is COc1cc(C#N)ccc1OCCCC(=O)Nc1cccc(OCC(=O)Nc2ccccc2)c1. The first kappa shape index (κ1) is 24.1. The van der Waals surface area contributed by atoms with Crippen LogP contribution in [-0.2, 0) is 9.59 Å². The van der Waals surface area contributed by atoms with Gasteiger partial charge in [-0.25, -0.2) is 0 Å². The molecule has 8 nitrogen and oxygen atoms in total. The Morgan fingerprint density at radius 2 is 1.62 bits per heavy atom. The van der Waals surface area contributed by atoms with E-state index in [2.05, 4.69) is 10.6 Å². The van der Waals surface area contributed by atoms with Gasteiger partial charge < -0.3 is 24.8 Å². The van der Waals surface area contributed by atoms with Crippen molar-refractivity contribution in [3.8, 4) is 23.3 Å². The Morgan fingerprint density at radius 3 is 2.38 bits per heavy atom. The van der Waals surface area contributed by atoms with Gasteiger partial charge in [0, 0.05) is 29.9 Å². The van der Waals surface area contributed by atoms with Crippen molar-refractivity contribution in [1.82, 2.24) is 0 Å². The molecule has 0 aliphatic heterocycles. The first-order valence-electron chi connectivity index (χ1n) is 10.7. The second kappa shape index (κ2) is 12.5. The Hall–Kier alpha value is -4.51. The number of ether oxygens (including phenoxy) is 3. The number of para-hydroxylation sites is 1. The number of hydrogen-bond acceptors (Lipinski definition) is 6. The summed E-state index contributed by atoms with van der Waals surface area (Å²) in [4.78, 5) is 24.3. The normalized spacial score (nSPS) is 10.0. The van der Waals surface area contributed by atoms with Crippen LogP contribution in [0.4, 0.5) is 11.4 Å². The maximum Gasteiger partial charge on any atom is 0.262 e. The van der Waals surface area contributed by atoms with Crippen LogP contribution in [0, 0.1) is 11.3 Å². The molecule has 0 aliphatic carbocycles. The summed E-state index contributed by atoms with van der Waals surface area (Å²) in [6, 6.07) is 22.9. The number of anilines is 2. The van der Waals surface area contributed by atoms with Crippen molar-refractivity contribution in [2.45, 2.75) is 12.8 Å². The van der Waals surface area contributed by atoms with Gasteiger partial charge in [-0.1, -0.05) is 24.3 Å². The fraction of sp³-hybridized carbons (Fsp3) is 0.192. The molecule has 0 radical (unpaired) electrons. The van der Waals surface area contributed by atoms with Gasteiger partial charge in [0.15, 0.2) is 18.1 Å². The molecule has 8 heteroatoms. The minimum absolute atomic E-state index is 0.150. The van der Waals surface area contributed by atoms with Gasteiger partial charge in [-0.3, -0.25) is 9.59 Å². The quantitative estimate of drug-likeness (QED) is 0.412. The fourth-order valence-corrected chi connectivity index (χ4v) is 3.03. The van der Waals surface area contributed by atoms with Gasteiger partial charge in [0.2, 0.25) is 5.91 Å². The molecule has 0 aliphatic rings. The van der Waals surface area contributed by atoms with Crippen LogP contribution in [0.2, 0.25) is 0 Å². The molecular weight excluding hydrogens is 434 g/mol. The van der Waals surface area contributed by atoms with E-state index in [-0.39, 0.29) is 24.8 Å². The van der Waals surface area contributed by atoms with Crippen molar-refractivity contribution in [2.24, 2.45) is 0 Å². The molecular formula is C26H25N3O5. The number of benzene rings is 3. The van der Waals surface area contributed by atoms with Gasteiger partial charge in [0.25, 0.3) is 5.91 Å². The number of nitrogens with zero attached hydrogens (tertiary/aromatic N) is 1. The average Bonchev–Trinajstić information content (AvgIpc) is 2.86. The third kappa shape index (κ3) is 7.57. The molecule has 0 unspecified atom stereocenters. The molecule has 2 amide bonds. The van der Waals surface area contributed by atoms with Crippen LogP contribution in [0.1, 0.15) is 18.4 Å². The number of methoxy groups -OCH3 is 1. The standard InChI is InChI=1S/C26H25N3O5/c1-32-24-15-19(17-27)12-13-23(24)33-14-6-11-25(30)29-21-9-5-10-22(16-21)34-18-26(31)28-20-7-3-2-4-8-20/h2-5,7-10,12-13,15-16H,6,11,14,18H2,1H3,(H,28,31)(H,29,30). The molecule has 0 saturated carbocycles. The summed E-state index contributed by atoms with van der Waals surface area (Å²) < 4.78 is 16.4. The second-order valence-electron chi connectivity index (χ2n) is 7.21. The zero-order valence-corrected chi connectivity index (χ0v) is 18.7. The van der Waals surface area contributed by atoms with E-state index in [1.807, 2.05) is 24.3 Å². The molecule has 0 atom stereocenters. The Kier molecular flexibility index (Phi) is 8.88. The summed E-state index contributed by atoms with van der Waals surface area (Å²) in [5.74, 6) is 1.01. The van der Waals surface area contributed by atoms with E-state index in [1.165, 1.54) is 7.11 Å². The van der Waals surface area contributed by atoms with Gasteiger partial charge in [-0.05, 0) is 42.8 Å². The molecule has 174 valence electrons. The lowest BCUT2D eigenvalue weighted by molar-refractivity contribution is -0.118. The van der Waals surface area contributed by atoms with Crippen LogP contribution < -0.4 is 24.8 Å². The lowest BCUT2D eigenvalue weighted by atomic mass is 10.2. The highest BCUT2D eigenvalue weighted by atomic mass is 16.5. The molecule has 0 saturated heterocycles. The van der Waals surface area contributed by atoms with Crippen molar-refractivity contribution in [3.63, 3.8) is 0 Å². The van der Waals surface area contributed by atoms with Gasteiger partial charge in [0.1, 0.15) is 5.75 Å². The van der Waals surface area contributed by atoms with Crippen LogP contribution in [-0.4, -0.2) is 32.1 Å². The summed E-state index contributed by atoms with van der Waals surface area (Å²) in [6.45, 7) is 0.164. The van der Waals surface area contributed by atoms with Crippen molar-refractivity contribution in [3.05, 3.63) is 78.4 Å². The maximum absolute atomic E-state index is 12.3. The van der Waals surface area contributed by atoms with Crippen LogP contribution in [0.15, 0.2) is 72.8 Å². The Morgan fingerprint density at radius 1 is 0.853 bits per heavy atom. The van der Waals surface area contributed by atoms with Crippen molar-refractivity contribution in [2.75, 3.05) is 31.0 Å². The largest absolute Gasteiger partial charge is 0.493 e. The Balaban J connectivity index is 1.41. The fourth-order valence-electron chi connectivity index (χ4n) is 3.03. The summed E-state index contributed by atoms with van der Waals surface area (Å²) in [5, 5.41) is 14.5. The molecule has 0 fully saturated rings. The number of hydrogen-bond donors (Lipinski definition) is 2. The summed E-state index contributed by atoms with van der Waals surface area (Å²) in [6.07, 6.45) is 0.744. The number of nitrogens with one attached hydrogen (secondary N) is 2. The molecule has 0 aromatic heterocycles. The molecule has 3 aromatic carbocycles. The molecule has 3 rings (SSSR count). The molecule has 0 spiro atoms. The van der Waals surface area contributed by atoms with Crippen molar-refractivity contribution in [1.29, 1.82) is 5.26 Å². The number of nitriles is 1. The summed E-state index contributed by atoms with van der Waals surface area (Å²) in [5.41, 5.74) is 1.74. The van der Waals surface area contributed by atoms with E-state index in [0.29, 0.717) is 47.2 Å². The van der Waals surface area contributed by atoms with Crippen LogP contribution >= 0.6 is 0 Å². The van der Waals surface area contributed by atoms with Crippen LogP contribution in [0.25, 0.3) is 0 Å².